The third-order valence-corrected chi connectivity index (χ3v) is 6.13. The van der Waals surface area contributed by atoms with Crippen molar-refractivity contribution in [3.05, 3.63) is 64.7 Å². The summed E-state index contributed by atoms with van der Waals surface area (Å²) >= 11 is 0. The molecule has 0 aliphatic carbocycles. The Morgan fingerprint density at radius 2 is 1.84 bits per heavy atom. The predicted molar refractivity (Wildman–Crippen MR) is 120 cm³/mol. The summed E-state index contributed by atoms with van der Waals surface area (Å²) in [5.74, 6) is 0.0457. The zero-order chi connectivity index (χ0) is 22.6. The molecule has 2 N–H and O–H groups in total. The lowest BCUT2D eigenvalue weighted by molar-refractivity contribution is -0.181. The maximum atomic E-state index is 13.0. The molecular formula is C25H30N2O5. The molecule has 2 aliphatic rings. The van der Waals surface area contributed by atoms with Crippen molar-refractivity contribution in [2.45, 2.75) is 37.9 Å². The maximum absolute atomic E-state index is 13.0. The molecule has 1 saturated heterocycles. The summed E-state index contributed by atoms with van der Waals surface area (Å²) in [6.07, 6.45) is 2.21. The van der Waals surface area contributed by atoms with Crippen LogP contribution in [0.4, 0.5) is 0 Å². The van der Waals surface area contributed by atoms with E-state index in [1.54, 1.807) is 13.1 Å². The predicted octanol–water partition coefficient (Wildman–Crippen LogP) is 3.02. The Bertz CT molecular complexity index is 972. The van der Waals surface area contributed by atoms with E-state index in [1.165, 1.54) is 0 Å². The quantitative estimate of drug-likeness (QED) is 0.649. The van der Waals surface area contributed by atoms with E-state index in [0.717, 1.165) is 43.6 Å². The van der Waals surface area contributed by atoms with E-state index in [1.807, 2.05) is 36.4 Å². The summed E-state index contributed by atoms with van der Waals surface area (Å²) in [5.41, 5.74) is 2.29. The zero-order valence-electron chi connectivity index (χ0n) is 18.6. The van der Waals surface area contributed by atoms with Crippen LogP contribution >= 0.6 is 0 Å². The van der Waals surface area contributed by atoms with Crippen molar-refractivity contribution in [3.63, 3.8) is 0 Å². The number of carbonyl (C=O) groups is 2. The van der Waals surface area contributed by atoms with Gasteiger partial charge in [0, 0.05) is 31.1 Å². The summed E-state index contributed by atoms with van der Waals surface area (Å²) in [4.78, 5) is 25.5. The molecule has 0 radical (unpaired) electrons. The number of hydrogen-bond donors (Lipinski definition) is 2. The molecule has 2 heterocycles. The Morgan fingerprint density at radius 3 is 2.56 bits per heavy atom. The molecule has 170 valence electrons. The highest BCUT2D eigenvalue weighted by molar-refractivity contribution is 6.02. The van der Waals surface area contributed by atoms with Gasteiger partial charge in [0.1, 0.15) is 12.4 Å². The standard InChI is InChI=1S/C25H30N2O5/c1-25(18-8-4-3-5-9-18)16-32-22-19(24(29)26-2)14-17(15-20(22)25)23(28)27-11-6-10-21-30-12-7-13-31-21/h3-5,8-9,14-15,21H,6-7,10-13,16H2,1-2H3,(H,26,29)(H,27,28)/t25-/m0/s1. The minimum atomic E-state index is -0.453. The second-order valence-corrected chi connectivity index (χ2v) is 8.39. The van der Waals surface area contributed by atoms with Crippen molar-refractivity contribution < 1.29 is 23.8 Å². The number of benzene rings is 2. The highest BCUT2D eigenvalue weighted by atomic mass is 16.7. The second kappa shape index (κ2) is 9.71. The lowest BCUT2D eigenvalue weighted by Crippen LogP contribution is -2.29. The smallest absolute Gasteiger partial charge is 0.254 e. The molecular weight excluding hydrogens is 408 g/mol. The number of carbonyl (C=O) groups excluding carboxylic acids is 2. The molecule has 7 heteroatoms. The third kappa shape index (κ3) is 4.49. The molecule has 1 atom stereocenters. The first-order valence-electron chi connectivity index (χ1n) is 11.1. The monoisotopic (exact) mass is 438 g/mol. The number of amides is 2. The van der Waals surface area contributed by atoms with Crippen LogP contribution in [0.5, 0.6) is 5.75 Å². The molecule has 0 bridgehead atoms. The maximum Gasteiger partial charge on any atom is 0.254 e. The van der Waals surface area contributed by atoms with Gasteiger partial charge >= 0.3 is 0 Å². The van der Waals surface area contributed by atoms with Crippen LogP contribution in [0.15, 0.2) is 42.5 Å². The average molecular weight is 439 g/mol. The highest BCUT2D eigenvalue weighted by Crippen LogP contribution is 2.45. The first-order valence-corrected chi connectivity index (χ1v) is 11.1. The van der Waals surface area contributed by atoms with Crippen LogP contribution in [-0.2, 0) is 14.9 Å². The highest BCUT2D eigenvalue weighted by Gasteiger charge is 2.40. The van der Waals surface area contributed by atoms with Crippen LogP contribution < -0.4 is 15.4 Å². The fourth-order valence-electron chi connectivity index (χ4n) is 4.24. The van der Waals surface area contributed by atoms with E-state index in [4.69, 9.17) is 14.2 Å². The number of nitrogens with one attached hydrogen (secondary N) is 2. The van der Waals surface area contributed by atoms with Crippen molar-refractivity contribution >= 4 is 11.8 Å². The summed E-state index contributed by atoms with van der Waals surface area (Å²) in [7, 11) is 1.57. The molecule has 4 rings (SSSR count). The number of fused-ring (bicyclic) bond motifs is 1. The van der Waals surface area contributed by atoms with Gasteiger partial charge in [0.05, 0.1) is 24.2 Å². The Labute approximate surface area is 188 Å². The van der Waals surface area contributed by atoms with Crippen LogP contribution in [-0.4, -0.2) is 51.5 Å². The molecule has 2 aliphatic heterocycles. The molecule has 2 aromatic rings. The SMILES string of the molecule is CNC(=O)c1cc(C(=O)NCCCC2OCCCO2)cc2c1OC[C@@]2(C)c1ccccc1. The lowest BCUT2D eigenvalue weighted by atomic mass is 9.77. The van der Waals surface area contributed by atoms with Gasteiger partial charge in [0.2, 0.25) is 0 Å². The van der Waals surface area contributed by atoms with Crippen molar-refractivity contribution in [2.24, 2.45) is 0 Å². The summed E-state index contributed by atoms with van der Waals surface area (Å²) in [6, 6.07) is 13.5. The van der Waals surface area contributed by atoms with Crippen molar-refractivity contribution in [3.8, 4) is 5.75 Å². The number of hydrogen-bond acceptors (Lipinski definition) is 5. The Kier molecular flexibility index (Phi) is 6.77. The molecule has 2 amide bonds. The first kappa shape index (κ1) is 22.3. The Balaban J connectivity index is 1.54. The van der Waals surface area contributed by atoms with Gasteiger partial charge in [0.25, 0.3) is 11.8 Å². The third-order valence-electron chi connectivity index (χ3n) is 6.13. The average Bonchev–Trinajstić information content (AvgIpc) is 3.19. The summed E-state index contributed by atoms with van der Waals surface area (Å²) in [5, 5.41) is 5.61. The van der Waals surface area contributed by atoms with Gasteiger partial charge in [-0.15, -0.1) is 0 Å². The lowest BCUT2D eigenvalue weighted by Gasteiger charge is -2.24. The van der Waals surface area contributed by atoms with Crippen LogP contribution in [0.2, 0.25) is 0 Å². The van der Waals surface area contributed by atoms with Gasteiger partial charge in [-0.25, -0.2) is 0 Å². The number of rotatable bonds is 7. The molecule has 32 heavy (non-hydrogen) atoms. The Hall–Kier alpha value is -2.90. The van der Waals surface area contributed by atoms with Crippen LogP contribution in [0.1, 0.15) is 58.0 Å². The fraction of sp³-hybridized carbons (Fsp3) is 0.440. The van der Waals surface area contributed by atoms with Gasteiger partial charge in [-0.3, -0.25) is 9.59 Å². The Morgan fingerprint density at radius 1 is 1.09 bits per heavy atom. The van der Waals surface area contributed by atoms with Crippen molar-refractivity contribution in [2.75, 3.05) is 33.4 Å². The normalized spacial score (nSPS) is 20.3. The minimum absolute atomic E-state index is 0.191. The molecule has 0 aromatic heterocycles. The summed E-state index contributed by atoms with van der Waals surface area (Å²) < 4.78 is 17.1. The minimum Gasteiger partial charge on any atom is -0.491 e. The van der Waals surface area contributed by atoms with Crippen LogP contribution in [0.25, 0.3) is 0 Å². The van der Waals surface area contributed by atoms with E-state index < -0.39 is 5.41 Å². The molecule has 1 fully saturated rings. The van der Waals surface area contributed by atoms with Gasteiger partial charge < -0.3 is 24.8 Å². The van der Waals surface area contributed by atoms with E-state index in [9.17, 15) is 9.59 Å². The van der Waals surface area contributed by atoms with E-state index in [-0.39, 0.29) is 18.1 Å². The molecule has 0 spiro atoms. The molecule has 7 nitrogen and oxygen atoms in total. The molecule has 2 aromatic carbocycles. The van der Waals surface area contributed by atoms with Crippen molar-refractivity contribution in [1.82, 2.24) is 10.6 Å². The van der Waals surface area contributed by atoms with Gasteiger partial charge in [-0.05, 0) is 37.5 Å². The first-order chi connectivity index (χ1) is 15.5. The van der Waals surface area contributed by atoms with E-state index in [0.29, 0.717) is 30.0 Å². The van der Waals surface area contributed by atoms with Gasteiger partial charge in [-0.2, -0.15) is 0 Å². The van der Waals surface area contributed by atoms with Crippen LogP contribution in [0.3, 0.4) is 0 Å². The zero-order valence-corrected chi connectivity index (χ0v) is 18.6. The topological polar surface area (TPSA) is 85.9 Å². The van der Waals surface area contributed by atoms with E-state index >= 15 is 0 Å². The van der Waals surface area contributed by atoms with Crippen molar-refractivity contribution in [1.29, 1.82) is 0 Å². The largest absolute Gasteiger partial charge is 0.491 e. The second-order valence-electron chi connectivity index (χ2n) is 8.39. The molecule has 0 unspecified atom stereocenters. The fourth-order valence-corrected chi connectivity index (χ4v) is 4.24. The van der Waals surface area contributed by atoms with Gasteiger partial charge in [-0.1, -0.05) is 30.3 Å². The summed E-state index contributed by atoms with van der Waals surface area (Å²) in [6.45, 7) is 4.42. The van der Waals surface area contributed by atoms with Gasteiger partial charge in [0.15, 0.2) is 6.29 Å². The van der Waals surface area contributed by atoms with Crippen LogP contribution in [0, 0.1) is 0 Å². The molecule has 0 saturated carbocycles. The number of ether oxygens (including phenoxy) is 3. The van der Waals surface area contributed by atoms with E-state index in [2.05, 4.69) is 17.6 Å².